The first-order valence-corrected chi connectivity index (χ1v) is 6.23. The maximum atomic E-state index is 12.9. The Labute approximate surface area is 110 Å². The monoisotopic (exact) mass is 266 g/mol. The maximum absolute atomic E-state index is 12.9. The number of ether oxygens (including phenoxy) is 2. The third kappa shape index (κ3) is 2.41. The van der Waals surface area contributed by atoms with Crippen LogP contribution in [0.5, 0.6) is 0 Å². The molecule has 1 unspecified atom stereocenters. The van der Waals surface area contributed by atoms with Gasteiger partial charge in [-0.3, -0.25) is 4.90 Å². The van der Waals surface area contributed by atoms with Gasteiger partial charge in [0.05, 0.1) is 19.8 Å². The van der Waals surface area contributed by atoms with Gasteiger partial charge in [-0.1, -0.05) is 0 Å². The molecule has 0 bridgehead atoms. The van der Waals surface area contributed by atoms with E-state index in [2.05, 4.69) is 5.32 Å². The molecule has 2 aliphatic heterocycles. The van der Waals surface area contributed by atoms with Crippen LogP contribution in [0.1, 0.15) is 0 Å². The summed E-state index contributed by atoms with van der Waals surface area (Å²) in [4.78, 5) is 13.5. The van der Waals surface area contributed by atoms with Crippen LogP contribution in [-0.4, -0.2) is 44.5 Å². The molecule has 5 nitrogen and oxygen atoms in total. The van der Waals surface area contributed by atoms with Gasteiger partial charge in [0, 0.05) is 18.8 Å². The van der Waals surface area contributed by atoms with Crippen LogP contribution >= 0.6 is 0 Å². The maximum Gasteiger partial charge on any atom is 0.415 e. The van der Waals surface area contributed by atoms with E-state index in [1.807, 2.05) is 0 Å². The topological polar surface area (TPSA) is 50.8 Å². The molecule has 6 heteroatoms. The zero-order chi connectivity index (χ0) is 13.3. The molecule has 1 spiro atoms. The van der Waals surface area contributed by atoms with Crippen molar-refractivity contribution in [2.24, 2.45) is 0 Å². The summed E-state index contributed by atoms with van der Waals surface area (Å²) in [6, 6.07) is 5.80. The van der Waals surface area contributed by atoms with E-state index >= 15 is 0 Å². The summed E-state index contributed by atoms with van der Waals surface area (Å²) >= 11 is 0. The Morgan fingerprint density at radius 1 is 1.32 bits per heavy atom. The molecule has 0 saturated carbocycles. The molecule has 2 heterocycles. The fraction of sp³-hybridized carbons (Fsp3) is 0.462. The minimum Gasteiger partial charge on any atom is -0.437 e. The Kier molecular flexibility index (Phi) is 3.12. The summed E-state index contributed by atoms with van der Waals surface area (Å²) in [5, 5.41) is 3.19. The van der Waals surface area contributed by atoms with Gasteiger partial charge in [0.2, 0.25) is 0 Å². The molecule has 1 atom stereocenters. The number of halogens is 1. The lowest BCUT2D eigenvalue weighted by atomic mass is 10.1. The van der Waals surface area contributed by atoms with E-state index in [0.717, 1.165) is 6.54 Å². The second-order valence-electron chi connectivity index (χ2n) is 4.84. The van der Waals surface area contributed by atoms with Crippen molar-refractivity contribution >= 4 is 11.8 Å². The van der Waals surface area contributed by atoms with Crippen LogP contribution in [0.4, 0.5) is 14.9 Å². The highest BCUT2D eigenvalue weighted by Gasteiger charge is 2.46. The summed E-state index contributed by atoms with van der Waals surface area (Å²) < 4.78 is 23.8. The standard InChI is InChI=1S/C13H15FN2O3/c14-10-1-3-11(4-2-10)16-8-13(19-12(16)17)7-15-5-6-18-9-13/h1-4,15H,5-9H2. The molecular weight excluding hydrogens is 251 g/mol. The fourth-order valence-electron chi connectivity index (χ4n) is 2.38. The molecule has 2 saturated heterocycles. The first kappa shape index (κ1) is 12.4. The van der Waals surface area contributed by atoms with Gasteiger partial charge < -0.3 is 14.8 Å². The van der Waals surface area contributed by atoms with E-state index in [-0.39, 0.29) is 5.82 Å². The Balaban J connectivity index is 1.81. The second kappa shape index (κ2) is 4.79. The number of hydrogen-bond acceptors (Lipinski definition) is 4. The van der Waals surface area contributed by atoms with Gasteiger partial charge in [0.15, 0.2) is 5.60 Å². The second-order valence-corrected chi connectivity index (χ2v) is 4.84. The van der Waals surface area contributed by atoms with Crippen molar-refractivity contribution in [1.29, 1.82) is 0 Å². The molecule has 102 valence electrons. The van der Waals surface area contributed by atoms with Crippen molar-refractivity contribution in [2.75, 3.05) is 37.7 Å². The van der Waals surface area contributed by atoms with Crippen molar-refractivity contribution in [2.45, 2.75) is 5.60 Å². The Morgan fingerprint density at radius 2 is 2.11 bits per heavy atom. The van der Waals surface area contributed by atoms with E-state index in [0.29, 0.717) is 32.0 Å². The van der Waals surface area contributed by atoms with Crippen LogP contribution in [0.25, 0.3) is 0 Å². The van der Waals surface area contributed by atoms with Crippen LogP contribution in [0, 0.1) is 5.82 Å². The van der Waals surface area contributed by atoms with Crippen LogP contribution in [-0.2, 0) is 9.47 Å². The van der Waals surface area contributed by atoms with Crippen molar-refractivity contribution < 1.29 is 18.7 Å². The molecule has 0 aromatic heterocycles. The van der Waals surface area contributed by atoms with Crippen molar-refractivity contribution in [3.63, 3.8) is 0 Å². The van der Waals surface area contributed by atoms with Crippen molar-refractivity contribution in [3.05, 3.63) is 30.1 Å². The predicted octanol–water partition coefficient (Wildman–Crippen LogP) is 1.14. The Bertz CT molecular complexity index is 469. The van der Waals surface area contributed by atoms with Gasteiger partial charge in [0.1, 0.15) is 5.82 Å². The number of amides is 1. The first-order valence-electron chi connectivity index (χ1n) is 6.23. The molecule has 0 radical (unpaired) electrons. The van der Waals surface area contributed by atoms with E-state index in [1.54, 1.807) is 12.1 Å². The smallest absolute Gasteiger partial charge is 0.415 e. The third-order valence-corrected chi connectivity index (χ3v) is 3.34. The molecule has 3 rings (SSSR count). The summed E-state index contributed by atoms with van der Waals surface area (Å²) in [5.74, 6) is -0.328. The number of rotatable bonds is 1. The minimum absolute atomic E-state index is 0.328. The van der Waals surface area contributed by atoms with Gasteiger partial charge in [0.25, 0.3) is 0 Å². The lowest BCUT2D eigenvalue weighted by molar-refractivity contribution is -0.00744. The average Bonchev–Trinajstić information content (AvgIpc) is 2.58. The number of carbonyl (C=O) groups is 1. The minimum atomic E-state index is -0.651. The largest absolute Gasteiger partial charge is 0.437 e. The van der Waals surface area contributed by atoms with Gasteiger partial charge in [-0.25, -0.2) is 9.18 Å². The molecule has 19 heavy (non-hydrogen) atoms. The van der Waals surface area contributed by atoms with Crippen molar-refractivity contribution in [1.82, 2.24) is 5.32 Å². The summed E-state index contributed by atoms with van der Waals surface area (Å²) in [7, 11) is 0. The van der Waals surface area contributed by atoms with Crippen molar-refractivity contribution in [3.8, 4) is 0 Å². The predicted molar refractivity (Wildman–Crippen MR) is 66.6 cm³/mol. The molecule has 0 aliphatic carbocycles. The average molecular weight is 266 g/mol. The SMILES string of the molecule is O=C1OC2(CNCCOC2)CN1c1ccc(F)cc1. The zero-order valence-corrected chi connectivity index (χ0v) is 10.4. The highest BCUT2D eigenvalue weighted by molar-refractivity contribution is 5.90. The quantitative estimate of drug-likeness (QED) is 0.828. The number of nitrogens with one attached hydrogen (secondary N) is 1. The van der Waals surface area contributed by atoms with E-state index < -0.39 is 11.7 Å². The van der Waals surface area contributed by atoms with Gasteiger partial charge in [-0.05, 0) is 24.3 Å². The van der Waals surface area contributed by atoms with Crippen LogP contribution in [0.2, 0.25) is 0 Å². The molecule has 1 aromatic rings. The Morgan fingerprint density at radius 3 is 2.89 bits per heavy atom. The molecule has 2 fully saturated rings. The molecule has 1 N–H and O–H groups in total. The highest BCUT2D eigenvalue weighted by atomic mass is 19.1. The first-order chi connectivity index (χ1) is 9.19. The molecule has 1 amide bonds. The Hall–Kier alpha value is -1.66. The van der Waals surface area contributed by atoms with Crippen LogP contribution < -0.4 is 10.2 Å². The van der Waals surface area contributed by atoms with Gasteiger partial charge in [-0.15, -0.1) is 0 Å². The third-order valence-electron chi connectivity index (χ3n) is 3.34. The molecule has 2 aliphatic rings. The summed E-state index contributed by atoms with van der Waals surface area (Å²) in [6.07, 6.45) is -0.418. The van der Waals surface area contributed by atoms with Crippen LogP contribution in [0.15, 0.2) is 24.3 Å². The highest BCUT2D eigenvalue weighted by Crippen LogP contribution is 2.28. The van der Waals surface area contributed by atoms with Gasteiger partial charge in [-0.2, -0.15) is 0 Å². The summed E-state index contributed by atoms with van der Waals surface area (Å²) in [6.45, 7) is 2.70. The summed E-state index contributed by atoms with van der Waals surface area (Å²) in [5.41, 5.74) is -0.0189. The number of hydrogen-bond donors (Lipinski definition) is 1. The number of carbonyl (C=O) groups excluding carboxylic acids is 1. The van der Waals surface area contributed by atoms with E-state index in [4.69, 9.17) is 9.47 Å². The molecule has 1 aromatic carbocycles. The lowest BCUT2D eigenvalue weighted by Crippen LogP contribution is -2.46. The fourth-order valence-corrected chi connectivity index (χ4v) is 2.38. The van der Waals surface area contributed by atoms with E-state index in [9.17, 15) is 9.18 Å². The van der Waals surface area contributed by atoms with E-state index in [1.165, 1.54) is 17.0 Å². The number of nitrogens with zero attached hydrogens (tertiary/aromatic N) is 1. The molecular formula is C13H15FN2O3. The van der Waals surface area contributed by atoms with Crippen LogP contribution in [0.3, 0.4) is 0 Å². The zero-order valence-electron chi connectivity index (χ0n) is 10.4. The lowest BCUT2D eigenvalue weighted by Gasteiger charge is -2.24. The number of anilines is 1. The van der Waals surface area contributed by atoms with Gasteiger partial charge >= 0.3 is 6.09 Å². The normalized spacial score (nSPS) is 27.4. The number of benzene rings is 1.